The standard InChI is InChI=1S/C19H24O3/c1-11-13-6-7-18(2)14-10-22-9-12(14)4-5-16(18)19(13,3)8-15(20)17(11)21/h9-10,13,16,21H,4-8H2,1-3H3/t13-,16-,18-,19-/m0/s1. The third-order valence-electron chi connectivity index (χ3n) is 7.08. The first kappa shape index (κ1) is 14.1. The molecule has 0 saturated heterocycles. The van der Waals surface area contributed by atoms with Crippen LogP contribution in [0.25, 0.3) is 0 Å². The Hall–Kier alpha value is -1.51. The Kier molecular flexibility index (Phi) is 2.74. The van der Waals surface area contributed by atoms with E-state index in [9.17, 15) is 9.90 Å². The first-order valence-electron chi connectivity index (χ1n) is 8.36. The number of Topliss-reactive ketones (excluding diaryl/α,β-unsaturated/α-hetero) is 1. The van der Waals surface area contributed by atoms with Gasteiger partial charge >= 0.3 is 0 Å². The summed E-state index contributed by atoms with van der Waals surface area (Å²) in [5, 5.41) is 10.1. The second kappa shape index (κ2) is 4.27. The molecule has 0 aromatic carbocycles. The topological polar surface area (TPSA) is 50.4 Å². The molecule has 1 aromatic heterocycles. The maximum absolute atomic E-state index is 12.3. The number of furan rings is 1. The highest BCUT2D eigenvalue weighted by atomic mass is 16.3. The van der Waals surface area contributed by atoms with E-state index in [1.165, 1.54) is 11.1 Å². The summed E-state index contributed by atoms with van der Waals surface area (Å²) in [6.07, 6.45) is 8.59. The molecule has 4 rings (SSSR count). The summed E-state index contributed by atoms with van der Waals surface area (Å²) in [6.45, 7) is 6.58. The zero-order chi connectivity index (χ0) is 15.7. The van der Waals surface area contributed by atoms with Gasteiger partial charge in [0, 0.05) is 6.42 Å². The van der Waals surface area contributed by atoms with Gasteiger partial charge in [-0.1, -0.05) is 13.8 Å². The van der Waals surface area contributed by atoms with Gasteiger partial charge in [-0.3, -0.25) is 4.79 Å². The van der Waals surface area contributed by atoms with Crippen molar-refractivity contribution in [3.05, 3.63) is 35.0 Å². The van der Waals surface area contributed by atoms with E-state index in [1.54, 1.807) is 0 Å². The number of fused-ring (bicyclic) bond motifs is 5. The summed E-state index contributed by atoms with van der Waals surface area (Å²) >= 11 is 0. The van der Waals surface area contributed by atoms with E-state index < -0.39 is 0 Å². The van der Waals surface area contributed by atoms with Crippen molar-refractivity contribution in [2.45, 2.75) is 58.3 Å². The molecule has 1 N–H and O–H groups in total. The van der Waals surface area contributed by atoms with Gasteiger partial charge in [0.15, 0.2) is 11.5 Å². The van der Waals surface area contributed by atoms with Gasteiger partial charge in [0.25, 0.3) is 0 Å². The quantitative estimate of drug-likeness (QED) is 0.776. The molecule has 3 heteroatoms. The Labute approximate surface area is 131 Å². The minimum Gasteiger partial charge on any atom is -0.504 e. The van der Waals surface area contributed by atoms with Crippen molar-refractivity contribution in [1.29, 1.82) is 0 Å². The summed E-state index contributed by atoms with van der Waals surface area (Å²) in [5.74, 6) is 0.761. The molecule has 0 aliphatic heterocycles. The van der Waals surface area contributed by atoms with Crippen LogP contribution in [-0.2, 0) is 16.6 Å². The Bertz CT molecular complexity index is 683. The van der Waals surface area contributed by atoms with E-state index >= 15 is 0 Å². The normalized spacial score (nSPS) is 41.0. The zero-order valence-corrected chi connectivity index (χ0v) is 13.6. The minimum atomic E-state index is -0.0708. The SMILES string of the molecule is CC1=C(O)C(=O)C[C@]2(C)[C@H]3CCc4cocc4[C@]3(C)CC[C@@H]12. The van der Waals surface area contributed by atoms with Crippen LogP contribution in [0.4, 0.5) is 0 Å². The van der Waals surface area contributed by atoms with Crippen molar-refractivity contribution in [3.8, 4) is 0 Å². The van der Waals surface area contributed by atoms with Crippen LogP contribution in [0.3, 0.4) is 0 Å². The molecule has 1 aromatic rings. The second-order valence-corrected chi connectivity index (χ2v) is 8.05. The molecular weight excluding hydrogens is 276 g/mol. The highest BCUT2D eigenvalue weighted by molar-refractivity contribution is 5.95. The van der Waals surface area contributed by atoms with Crippen molar-refractivity contribution < 1.29 is 14.3 Å². The molecule has 1 fully saturated rings. The van der Waals surface area contributed by atoms with Gasteiger partial charge < -0.3 is 9.52 Å². The smallest absolute Gasteiger partial charge is 0.197 e. The third kappa shape index (κ3) is 1.55. The van der Waals surface area contributed by atoms with Gasteiger partial charge in [0.1, 0.15) is 0 Å². The molecule has 3 aliphatic carbocycles. The summed E-state index contributed by atoms with van der Waals surface area (Å²) in [5.41, 5.74) is 3.67. The van der Waals surface area contributed by atoms with Crippen molar-refractivity contribution >= 4 is 5.78 Å². The maximum Gasteiger partial charge on any atom is 0.197 e. The van der Waals surface area contributed by atoms with Gasteiger partial charge in [-0.2, -0.15) is 0 Å². The van der Waals surface area contributed by atoms with Gasteiger partial charge in [0.05, 0.1) is 12.5 Å². The first-order chi connectivity index (χ1) is 10.4. The molecule has 3 aliphatic rings. The average Bonchev–Trinajstić information content (AvgIpc) is 2.94. The van der Waals surface area contributed by atoms with Crippen LogP contribution in [0.15, 0.2) is 28.3 Å². The van der Waals surface area contributed by atoms with E-state index in [0.29, 0.717) is 18.3 Å². The predicted octanol–water partition coefficient (Wildman–Crippen LogP) is 4.32. The monoisotopic (exact) mass is 300 g/mol. The number of carbonyl (C=O) groups is 1. The zero-order valence-electron chi connectivity index (χ0n) is 13.6. The fraction of sp³-hybridized carbons (Fsp3) is 0.632. The third-order valence-corrected chi connectivity index (χ3v) is 7.08. The van der Waals surface area contributed by atoms with E-state index in [1.807, 2.05) is 19.5 Å². The number of aliphatic hydroxyl groups excluding tert-OH is 1. The average molecular weight is 300 g/mol. The molecule has 0 spiro atoms. The minimum absolute atomic E-state index is 0.0332. The fourth-order valence-corrected chi connectivity index (χ4v) is 5.98. The number of hydrogen-bond donors (Lipinski definition) is 1. The number of aliphatic hydroxyl groups is 1. The molecule has 0 amide bonds. The summed E-state index contributed by atoms with van der Waals surface area (Å²) in [4.78, 5) is 12.3. The molecule has 0 bridgehead atoms. The van der Waals surface area contributed by atoms with Gasteiger partial charge in [0.2, 0.25) is 0 Å². The lowest BCUT2D eigenvalue weighted by Crippen LogP contribution is -2.55. The Morgan fingerprint density at radius 3 is 2.82 bits per heavy atom. The molecular formula is C19H24O3. The lowest BCUT2D eigenvalue weighted by Gasteiger charge is -2.59. The molecule has 22 heavy (non-hydrogen) atoms. The van der Waals surface area contributed by atoms with Crippen LogP contribution in [0.5, 0.6) is 0 Å². The molecule has 3 nitrogen and oxygen atoms in total. The molecule has 0 unspecified atom stereocenters. The summed E-state index contributed by atoms with van der Waals surface area (Å²) in [7, 11) is 0. The van der Waals surface area contributed by atoms with Crippen molar-refractivity contribution in [2.75, 3.05) is 0 Å². The van der Waals surface area contributed by atoms with E-state index in [0.717, 1.165) is 31.3 Å². The summed E-state index contributed by atoms with van der Waals surface area (Å²) in [6, 6.07) is 0. The second-order valence-electron chi connectivity index (χ2n) is 8.05. The predicted molar refractivity (Wildman–Crippen MR) is 83.7 cm³/mol. The molecule has 1 saturated carbocycles. The van der Waals surface area contributed by atoms with Crippen LogP contribution in [0.2, 0.25) is 0 Å². The van der Waals surface area contributed by atoms with Crippen molar-refractivity contribution in [2.24, 2.45) is 17.3 Å². The van der Waals surface area contributed by atoms with E-state index in [-0.39, 0.29) is 22.4 Å². The Balaban J connectivity index is 1.84. The number of ketones is 1. The van der Waals surface area contributed by atoms with Gasteiger partial charge in [-0.25, -0.2) is 0 Å². The van der Waals surface area contributed by atoms with Crippen molar-refractivity contribution in [1.82, 2.24) is 0 Å². The van der Waals surface area contributed by atoms with Crippen LogP contribution in [0.1, 0.15) is 57.6 Å². The molecule has 1 heterocycles. The summed E-state index contributed by atoms with van der Waals surface area (Å²) < 4.78 is 5.49. The van der Waals surface area contributed by atoms with Crippen molar-refractivity contribution in [3.63, 3.8) is 0 Å². The van der Waals surface area contributed by atoms with Crippen LogP contribution in [0, 0.1) is 17.3 Å². The maximum atomic E-state index is 12.3. The highest BCUT2D eigenvalue weighted by Gasteiger charge is 2.58. The molecule has 4 atom stereocenters. The van der Waals surface area contributed by atoms with Crippen LogP contribution < -0.4 is 0 Å². The van der Waals surface area contributed by atoms with Crippen LogP contribution >= 0.6 is 0 Å². The van der Waals surface area contributed by atoms with Gasteiger partial charge in [-0.05, 0) is 72.0 Å². The lowest BCUT2D eigenvalue weighted by atomic mass is 9.44. The van der Waals surface area contributed by atoms with Gasteiger partial charge in [-0.15, -0.1) is 0 Å². The highest BCUT2D eigenvalue weighted by Crippen LogP contribution is 2.63. The fourth-order valence-electron chi connectivity index (χ4n) is 5.98. The van der Waals surface area contributed by atoms with E-state index in [2.05, 4.69) is 13.8 Å². The number of aryl methyl sites for hydroxylation is 1. The lowest BCUT2D eigenvalue weighted by molar-refractivity contribution is -0.127. The molecule has 118 valence electrons. The first-order valence-corrected chi connectivity index (χ1v) is 8.36. The number of rotatable bonds is 0. The largest absolute Gasteiger partial charge is 0.504 e. The molecule has 0 radical (unpaired) electrons. The number of hydrogen-bond acceptors (Lipinski definition) is 3. The number of carbonyl (C=O) groups excluding carboxylic acids is 1. The Morgan fingerprint density at radius 2 is 2.05 bits per heavy atom. The van der Waals surface area contributed by atoms with E-state index in [4.69, 9.17) is 4.42 Å². The Morgan fingerprint density at radius 1 is 1.27 bits per heavy atom. The number of allylic oxidation sites excluding steroid dienone is 2. The van der Waals surface area contributed by atoms with Crippen LogP contribution in [-0.4, -0.2) is 10.9 Å².